The number of hydrogen-bond acceptors (Lipinski definition) is 5. The number of carbonyl (C=O) groups excluding carboxylic acids is 2. The van der Waals surface area contributed by atoms with Crippen molar-refractivity contribution in [3.05, 3.63) is 40.3 Å². The Labute approximate surface area is 155 Å². The van der Waals surface area contributed by atoms with E-state index >= 15 is 0 Å². The van der Waals surface area contributed by atoms with Gasteiger partial charge < -0.3 is 10.4 Å². The van der Waals surface area contributed by atoms with Gasteiger partial charge in [-0.3, -0.25) is 19.3 Å². The fourth-order valence-corrected chi connectivity index (χ4v) is 3.49. The van der Waals surface area contributed by atoms with E-state index in [1.807, 2.05) is 37.3 Å². The number of thioether (sulfide) groups is 1. The highest BCUT2D eigenvalue weighted by atomic mass is 32.2. The zero-order valence-corrected chi connectivity index (χ0v) is 15.3. The Morgan fingerprint density at radius 1 is 1.32 bits per heavy atom. The van der Waals surface area contributed by atoms with Crippen LogP contribution in [0.3, 0.4) is 0 Å². The topological polar surface area (TPSA) is 86.7 Å². The predicted octanol–water partition coefficient (Wildman–Crippen LogP) is 2.18. The Bertz CT molecular complexity index is 746. The lowest BCUT2D eigenvalue weighted by Gasteiger charge is -2.14. The molecule has 2 N–H and O–H groups in total. The van der Waals surface area contributed by atoms with Gasteiger partial charge >= 0.3 is 5.97 Å². The largest absolute Gasteiger partial charge is 0.481 e. The van der Waals surface area contributed by atoms with Gasteiger partial charge in [0.15, 0.2) is 0 Å². The van der Waals surface area contributed by atoms with E-state index in [-0.39, 0.29) is 37.7 Å². The van der Waals surface area contributed by atoms with E-state index in [0.29, 0.717) is 9.23 Å². The number of benzene rings is 1. The first-order chi connectivity index (χ1) is 11.9. The fraction of sp³-hybridized carbons (Fsp3) is 0.294. The van der Waals surface area contributed by atoms with Crippen LogP contribution in [0.15, 0.2) is 29.2 Å². The van der Waals surface area contributed by atoms with Crippen molar-refractivity contribution in [2.75, 3.05) is 13.1 Å². The first kappa shape index (κ1) is 19.1. The molecule has 0 radical (unpaired) electrons. The van der Waals surface area contributed by atoms with E-state index in [1.165, 1.54) is 16.7 Å². The zero-order valence-electron chi connectivity index (χ0n) is 13.7. The van der Waals surface area contributed by atoms with Crippen molar-refractivity contribution in [1.29, 1.82) is 0 Å². The van der Waals surface area contributed by atoms with Crippen LogP contribution in [0.4, 0.5) is 0 Å². The Hall–Kier alpha value is -2.19. The number of rotatable bonds is 7. The molecule has 0 aliphatic carbocycles. The molecular formula is C17H18N2O4S2. The average molecular weight is 378 g/mol. The minimum absolute atomic E-state index is 0.0692. The highest BCUT2D eigenvalue weighted by molar-refractivity contribution is 8.26. The van der Waals surface area contributed by atoms with Gasteiger partial charge in [0, 0.05) is 19.5 Å². The second-order valence-corrected chi connectivity index (χ2v) is 7.11. The van der Waals surface area contributed by atoms with Gasteiger partial charge in [0.1, 0.15) is 4.32 Å². The maximum absolute atomic E-state index is 12.5. The van der Waals surface area contributed by atoms with Gasteiger partial charge in [-0.05, 0) is 24.1 Å². The smallest absolute Gasteiger partial charge is 0.305 e. The minimum Gasteiger partial charge on any atom is -0.481 e. The van der Waals surface area contributed by atoms with Crippen molar-refractivity contribution >= 4 is 52.2 Å². The molecule has 25 heavy (non-hydrogen) atoms. The summed E-state index contributed by atoms with van der Waals surface area (Å²) in [7, 11) is 0. The summed E-state index contributed by atoms with van der Waals surface area (Å²) in [6.07, 6.45) is 1.75. The zero-order chi connectivity index (χ0) is 18.4. The van der Waals surface area contributed by atoms with Crippen LogP contribution in [0.5, 0.6) is 0 Å². The van der Waals surface area contributed by atoms with E-state index in [4.69, 9.17) is 17.3 Å². The van der Waals surface area contributed by atoms with Gasteiger partial charge in [0.25, 0.3) is 5.91 Å². The van der Waals surface area contributed by atoms with Crippen molar-refractivity contribution in [3.8, 4) is 0 Å². The average Bonchev–Trinajstić information content (AvgIpc) is 2.81. The monoisotopic (exact) mass is 378 g/mol. The summed E-state index contributed by atoms with van der Waals surface area (Å²) in [6, 6.07) is 7.73. The Morgan fingerprint density at radius 3 is 2.72 bits per heavy atom. The highest BCUT2D eigenvalue weighted by Gasteiger charge is 2.32. The molecule has 1 aromatic carbocycles. The number of aryl methyl sites for hydroxylation is 1. The third-order valence-corrected chi connectivity index (χ3v) is 4.95. The van der Waals surface area contributed by atoms with E-state index in [0.717, 1.165) is 11.1 Å². The molecular weight excluding hydrogens is 360 g/mol. The Kier molecular flexibility index (Phi) is 6.72. The van der Waals surface area contributed by atoms with Crippen LogP contribution in [0.1, 0.15) is 24.0 Å². The normalized spacial score (nSPS) is 15.7. The number of thiocarbonyl (C=S) groups is 1. The van der Waals surface area contributed by atoms with Crippen molar-refractivity contribution < 1.29 is 19.5 Å². The molecule has 1 aromatic rings. The van der Waals surface area contributed by atoms with Crippen LogP contribution in [0, 0.1) is 6.92 Å². The van der Waals surface area contributed by atoms with Gasteiger partial charge in [-0.1, -0.05) is 48.2 Å². The molecule has 0 atom stereocenters. The maximum Gasteiger partial charge on any atom is 0.305 e. The highest BCUT2D eigenvalue weighted by Crippen LogP contribution is 2.33. The van der Waals surface area contributed by atoms with Crippen LogP contribution >= 0.6 is 24.0 Å². The SMILES string of the molecule is Cc1ccccc1/C=C1\SC(=S)N(CCC(=O)NCCC(=O)O)C1=O. The summed E-state index contributed by atoms with van der Waals surface area (Å²) in [5.41, 5.74) is 2.01. The first-order valence-corrected chi connectivity index (χ1v) is 8.90. The lowest BCUT2D eigenvalue weighted by molar-refractivity contribution is -0.136. The molecule has 6 nitrogen and oxygen atoms in total. The van der Waals surface area contributed by atoms with Crippen molar-refractivity contribution in [3.63, 3.8) is 0 Å². The van der Waals surface area contributed by atoms with Crippen molar-refractivity contribution in [2.24, 2.45) is 0 Å². The molecule has 132 valence electrons. The quantitative estimate of drug-likeness (QED) is 0.559. The number of carboxylic acid groups (broad SMARTS) is 1. The van der Waals surface area contributed by atoms with Crippen LogP contribution in [-0.2, 0) is 14.4 Å². The molecule has 1 heterocycles. The summed E-state index contributed by atoms with van der Waals surface area (Å²) in [5, 5.41) is 11.0. The summed E-state index contributed by atoms with van der Waals surface area (Å²) in [4.78, 5) is 36.5. The Morgan fingerprint density at radius 2 is 2.04 bits per heavy atom. The minimum atomic E-state index is -0.974. The number of amides is 2. The van der Waals surface area contributed by atoms with E-state index < -0.39 is 5.97 Å². The standard InChI is InChI=1S/C17H18N2O4S2/c1-11-4-2-3-5-12(11)10-13-16(23)19(17(24)25-13)9-7-14(20)18-8-6-15(21)22/h2-5,10H,6-9H2,1H3,(H,18,20)(H,21,22)/b13-10-. The van der Waals surface area contributed by atoms with Crippen LogP contribution in [0.25, 0.3) is 6.08 Å². The fourth-order valence-electron chi connectivity index (χ4n) is 2.19. The molecule has 0 spiro atoms. The van der Waals surface area contributed by atoms with E-state index in [9.17, 15) is 14.4 Å². The predicted molar refractivity (Wildman–Crippen MR) is 101 cm³/mol. The molecule has 0 saturated carbocycles. The molecule has 2 rings (SSSR count). The molecule has 1 aliphatic heterocycles. The molecule has 0 unspecified atom stereocenters. The molecule has 0 aromatic heterocycles. The summed E-state index contributed by atoms with van der Waals surface area (Å²) in [6.45, 7) is 2.21. The van der Waals surface area contributed by atoms with Gasteiger partial charge in [0.2, 0.25) is 5.91 Å². The van der Waals surface area contributed by atoms with E-state index in [1.54, 1.807) is 0 Å². The summed E-state index contributed by atoms with van der Waals surface area (Å²) in [5.74, 6) is -1.49. The maximum atomic E-state index is 12.5. The number of nitrogens with zero attached hydrogens (tertiary/aromatic N) is 1. The molecule has 1 aliphatic rings. The number of hydrogen-bond donors (Lipinski definition) is 2. The van der Waals surface area contributed by atoms with Gasteiger partial charge in [-0.15, -0.1) is 0 Å². The summed E-state index contributed by atoms with van der Waals surface area (Å²) < 4.78 is 0.420. The lowest BCUT2D eigenvalue weighted by Crippen LogP contribution is -2.34. The van der Waals surface area contributed by atoms with Gasteiger partial charge in [-0.2, -0.15) is 0 Å². The molecule has 2 amide bonds. The van der Waals surface area contributed by atoms with Gasteiger partial charge in [-0.25, -0.2) is 0 Å². The third-order valence-electron chi connectivity index (χ3n) is 3.57. The second-order valence-electron chi connectivity index (χ2n) is 5.43. The van der Waals surface area contributed by atoms with Crippen molar-refractivity contribution in [1.82, 2.24) is 10.2 Å². The van der Waals surface area contributed by atoms with E-state index in [2.05, 4.69) is 5.32 Å². The van der Waals surface area contributed by atoms with Gasteiger partial charge in [0.05, 0.1) is 11.3 Å². The molecule has 8 heteroatoms. The molecule has 1 fully saturated rings. The summed E-state index contributed by atoms with van der Waals surface area (Å²) >= 11 is 6.45. The first-order valence-electron chi connectivity index (χ1n) is 7.68. The number of carbonyl (C=O) groups is 3. The number of carboxylic acids is 1. The third kappa shape index (κ3) is 5.40. The number of aliphatic carboxylic acids is 1. The van der Waals surface area contributed by atoms with Crippen LogP contribution < -0.4 is 5.32 Å². The van der Waals surface area contributed by atoms with Crippen LogP contribution in [-0.4, -0.2) is 45.2 Å². The van der Waals surface area contributed by atoms with Crippen molar-refractivity contribution in [2.45, 2.75) is 19.8 Å². The Balaban J connectivity index is 1.94. The second kappa shape index (κ2) is 8.77. The lowest BCUT2D eigenvalue weighted by atomic mass is 10.1. The van der Waals surface area contributed by atoms with Crippen LogP contribution in [0.2, 0.25) is 0 Å². The number of nitrogens with one attached hydrogen (secondary N) is 1. The molecule has 0 bridgehead atoms. The molecule has 1 saturated heterocycles.